The average molecular weight is 387 g/mol. The van der Waals surface area contributed by atoms with E-state index in [2.05, 4.69) is 32.2 Å². The lowest BCUT2D eigenvalue weighted by Gasteiger charge is -2.14. The summed E-state index contributed by atoms with van der Waals surface area (Å²) in [7, 11) is 4.70. The van der Waals surface area contributed by atoms with Crippen LogP contribution in [0.3, 0.4) is 0 Å². The summed E-state index contributed by atoms with van der Waals surface area (Å²) in [4.78, 5) is 18.5. The zero-order valence-electron chi connectivity index (χ0n) is 15.9. The van der Waals surface area contributed by atoms with Gasteiger partial charge in [0.2, 0.25) is 11.7 Å². The molecule has 0 fully saturated rings. The highest BCUT2D eigenvalue weighted by Crippen LogP contribution is 2.40. The molecule has 2 heterocycles. The van der Waals surface area contributed by atoms with Gasteiger partial charge in [-0.05, 0) is 13.3 Å². The van der Waals surface area contributed by atoms with Crippen LogP contribution in [0.5, 0.6) is 17.2 Å². The second-order valence-electron chi connectivity index (χ2n) is 5.55. The SMILES string of the molecule is CCc1nc(C)c(-c2ncnc(Nc3cc(OC)c(OC)c(OC)c3)n2)s1. The molecule has 0 radical (unpaired) electrons. The predicted octanol–water partition coefficient (Wildman–Crippen LogP) is 3.64. The van der Waals surface area contributed by atoms with Crippen LogP contribution in [0.1, 0.15) is 17.6 Å². The molecule has 0 saturated carbocycles. The maximum atomic E-state index is 5.38. The van der Waals surface area contributed by atoms with E-state index in [1.807, 2.05) is 6.92 Å². The minimum Gasteiger partial charge on any atom is -0.493 e. The van der Waals surface area contributed by atoms with Gasteiger partial charge in [0, 0.05) is 17.8 Å². The molecule has 2 aromatic heterocycles. The van der Waals surface area contributed by atoms with Crippen molar-refractivity contribution in [1.82, 2.24) is 19.9 Å². The van der Waals surface area contributed by atoms with E-state index in [9.17, 15) is 0 Å². The number of rotatable bonds is 7. The average Bonchev–Trinajstić information content (AvgIpc) is 3.08. The largest absolute Gasteiger partial charge is 0.493 e. The van der Waals surface area contributed by atoms with Crippen LogP contribution in [0.15, 0.2) is 18.5 Å². The normalized spacial score (nSPS) is 10.6. The molecule has 0 aliphatic carbocycles. The van der Waals surface area contributed by atoms with Gasteiger partial charge in [-0.15, -0.1) is 11.3 Å². The van der Waals surface area contributed by atoms with Crippen molar-refractivity contribution in [3.8, 4) is 28.0 Å². The molecule has 0 atom stereocenters. The molecule has 9 heteroatoms. The van der Waals surface area contributed by atoms with Crippen LogP contribution in [0, 0.1) is 6.92 Å². The van der Waals surface area contributed by atoms with Crippen LogP contribution >= 0.6 is 11.3 Å². The van der Waals surface area contributed by atoms with E-state index < -0.39 is 0 Å². The Balaban J connectivity index is 1.93. The summed E-state index contributed by atoms with van der Waals surface area (Å²) in [6.45, 7) is 4.04. The topological polar surface area (TPSA) is 91.3 Å². The summed E-state index contributed by atoms with van der Waals surface area (Å²) in [6.07, 6.45) is 2.36. The fourth-order valence-corrected chi connectivity index (χ4v) is 3.50. The standard InChI is InChI=1S/C18H21N5O3S/c1-6-14-21-10(2)16(27-14)17-19-9-20-18(23-17)22-11-7-12(24-3)15(26-5)13(8-11)25-4/h7-9H,6H2,1-5H3,(H,19,20,22,23). The van der Waals surface area contributed by atoms with Crippen molar-refractivity contribution in [3.63, 3.8) is 0 Å². The summed E-state index contributed by atoms with van der Waals surface area (Å²) in [6, 6.07) is 3.58. The van der Waals surface area contributed by atoms with Gasteiger partial charge in [0.25, 0.3) is 0 Å². The zero-order chi connectivity index (χ0) is 19.4. The second kappa shape index (κ2) is 8.17. The molecular weight excluding hydrogens is 366 g/mol. The highest BCUT2D eigenvalue weighted by Gasteiger charge is 2.15. The number of hydrogen-bond acceptors (Lipinski definition) is 9. The number of ether oxygens (including phenoxy) is 3. The molecule has 27 heavy (non-hydrogen) atoms. The third-order valence-corrected chi connectivity index (χ3v) is 5.14. The van der Waals surface area contributed by atoms with E-state index in [1.165, 1.54) is 6.33 Å². The number of methoxy groups -OCH3 is 3. The van der Waals surface area contributed by atoms with Gasteiger partial charge in [-0.3, -0.25) is 0 Å². The fourth-order valence-electron chi connectivity index (χ4n) is 2.56. The number of nitrogens with one attached hydrogen (secondary N) is 1. The first-order valence-corrected chi connectivity index (χ1v) is 9.14. The molecule has 142 valence electrons. The van der Waals surface area contributed by atoms with Gasteiger partial charge in [0.1, 0.15) is 6.33 Å². The number of aryl methyl sites for hydroxylation is 2. The van der Waals surface area contributed by atoms with E-state index in [0.717, 1.165) is 22.0 Å². The van der Waals surface area contributed by atoms with Gasteiger partial charge in [-0.1, -0.05) is 6.92 Å². The van der Waals surface area contributed by atoms with Crippen molar-refractivity contribution in [3.05, 3.63) is 29.2 Å². The fraction of sp³-hybridized carbons (Fsp3) is 0.333. The van der Waals surface area contributed by atoms with Gasteiger partial charge in [-0.2, -0.15) is 4.98 Å². The van der Waals surface area contributed by atoms with Crippen molar-refractivity contribution in [2.24, 2.45) is 0 Å². The van der Waals surface area contributed by atoms with Crippen LogP contribution in [0.25, 0.3) is 10.7 Å². The van der Waals surface area contributed by atoms with Crippen LogP contribution in [0.4, 0.5) is 11.6 Å². The van der Waals surface area contributed by atoms with E-state index >= 15 is 0 Å². The van der Waals surface area contributed by atoms with Crippen molar-refractivity contribution < 1.29 is 14.2 Å². The van der Waals surface area contributed by atoms with E-state index in [4.69, 9.17) is 14.2 Å². The monoisotopic (exact) mass is 387 g/mol. The number of thiazole rings is 1. The molecule has 3 aromatic rings. The minimum atomic E-state index is 0.417. The number of hydrogen-bond donors (Lipinski definition) is 1. The van der Waals surface area contributed by atoms with Crippen LogP contribution in [-0.2, 0) is 6.42 Å². The smallest absolute Gasteiger partial charge is 0.230 e. The molecule has 0 amide bonds. The molecule has 0 aliphatic heterocycles. The van der Waals surface area contributed by atoms with Crippen molar-refractivity contribution in [2.45, 2.75) is 20.3 Å². The first-order valence-electron chi connectivity index (χ1n) is 8.32. The first-order chi connectivity index (χ1) is 13.1. The van der Waals surface area contributed by atoms with Crippen LogP contribution in [0.2, 0.25) is 0 Å². The van der Waals surface area contributed by atoms with Crippen LogP contribution in [-0.4, -0.2) is 41.3 Å². The quantitative estimate of drug-likeness (QED) is 0.657. The molecule has 0 aliphatic rings. The Morgan fingerprint density at radius 3 is 2.26 bits per heavy atom. The Hall–Kier alpha value is -2.94. The lowest BCUT2D eigenvalue weighted by atomic mass is 10.2. The molecule has 0 unspecified atom stereocenters. The molecular formula is C18H21N5O3S. The molecule has 8 nitrogen and oxygen atoms in total. The highest BCUT2D eigenvalue weighted by atomic mass is 32.1. The van der Waals surface area contributed by atoms with Gasteiger partial charge in [0.05, 0.1) is 36.9 Å². The Bertz CT molecular complexity index is 919. The predicted molar refractivity (Wildman–Crippen MR) is 104 cm³/mol. The summed E-state index contributed by atoms with van der Waals surface area (Å²) in [5, 5.41) is 4.22. The van der Waals surface area contributed by atoms with E-state index in [-0.39, 0.29) is 0 Å². The molecule has 1 aromatic carbocycles. The molecule has 0 bridgehead atoms. The van der Waals surface area contributed by atoms with Crippen molar-refractivity contribution in [2.75, 3.05) is 26.6 Å². The summed E-state index contributed by atoms with van der Waals surface area (Å²) >= 11 is 1.60. The number of nitrogens with zero attached hydrogens (tertiary/aromatic N) is 4. The molecule has 0 saturated heterocycles. The summed E-state index contributed by atoms with van der Waals surface area (Å²) in [5.74, 6) is 2.61. The van der Waals surface area contributed by atoms with Crippen LogP contribution < -0.4 is 19.5 Å². The Morgan fingerprint density at radius 2 is 1.70 bits per heavy atom. The molecule has 1 N–H and O–H groups in total. The number of anilines is 2. The van der Waals surface area contributed by atoms with E-state index in [1.54, 1.807) is 44.8 Å². The van der Waals surface area contributed by atoms with E-state index in [0.29, 0.717) is 34.7 Å². The van der Waals surface area contributed by atoms with Gasteiger partial charge in [0.15, 0.2) is 17.3 Å². The van der Waals surface area contributed by atoms with Crippen molar-refractivity contribution in [1.29, 1.82) is 0 Å². The maximum absolute atomic E-state index is 5.38. The lowest BCUT2D eigenvalue weighted by molar-refractivity contribution is 0.324. The molecule has 0 spiro atoms. The Morgan fingerprint density at radius 1 is 1.00 bits per heavy atom. The minimum absolute atomic E-state index is 0.417. The maximum Gasteiger partial charge on any atom is 0.230 e. The summed E-state index contributed by atoms with van der Waals surface area (Å²) < 4.78 is 16.1. The third kappa shape index (κ3) is 3.92. The molecule has 3 rings (SSSR count). The second-order valence-corrected chi connectivity index (χ2v) is 6.63. The number of benzene rings is 1. The number of aromatic nitrogens is 4. The lowest BCUT2D eigenvalue weighted by Crippen LogP contribution is -2.02. The summed E-state index contributed by atoms with van der Waals surface area (Å²) in [5.41, 5.74) is 1.62. The van der Waals surface area contributed by atoms with Gasteiger partial charge >= 0.3 is 0 Å². The van der Waals surface area contributed by atoms with Gasteiger partial charge in [-0.25, -0.2) is 15.0 Å². The Labute approximate surface area is 161 Å². The highest BCUT2D eigenvalue weighted by molar-refractivity contribution is 7.15. The van der Waals surface area contributed by atoms with Gasteiger partial charge < -0.3 is 19.5 Å². The van der Waals surface area contributed by atoms with Crippen molar-refractivity contribution >= 4 is 23.0 Å². The first kappa shape index (κ1) is 18.8. The zero-order valence-corrected chi connectivity index (χ0v) is 16.7. The third-order valence-electron chi connectivity index (χ3n) is 3.84. The Kier molecular flexibility index (Phi) is 5.70.